The number of carbonyl (C=O) groups excluding carboxylic acids is 2. The number of benzene rings is 2. The first-order chi connectivity index (χ1) is 16.9. The lowest BCUT2D eigenvalue weighted by atomic mass is 10.0. The number of halogens is 7. The number of rotatable bonds is 7. The van der Waals surface area contributed by atoms with Crippen LogP contribution in [0.1, 0.15) is 39.6 Å². The van der Waals surface area contributed by atoms with Gasteiger partial charge in [0.1, 0.15) is 6.10 Å². The lowest BCUT2D eigenvalue weighted by Crippen LogP contribution is -2.30. The minimum Gasteiger partial charge on any atom is -0.449 e. The molecule has 2 aromatic rings. The second kappa shape index (κ2) is 11.7. The molecule has 1 heterocycles. The Kier molecular flexibility index (Phi) is 9.18. The quantitative estimate of drug-likeness (QED) is 0.203. The van der Waals surface area contributed by atoms with Crippen LogP contribution in [0.2, 0.25) is 5.02 Å². The lowest BCUT2D eigenvalue weighted by molar-refractivity contribution is -0.205. The van der Waals surface area contributed by atoms with Gasteiger partial charge in [0.15, 0.2) is 0 Å². The number of fused-ring (bicyclic) bond motifs is 1. The standard InChI is InChI=1S/C23H21ClF6N2O3S/c24-17-7-6-15-16(8-10-31-12-18(15)35-21(34)23(28,29)30)19(17)36-11-1-9-32-20(33)13-2-4-14(5-3-13)22(25,26)27/h2-7,18,31H,1,8-12H2,(H,32,33). The zero-order chi connectivity index (χ0) is 26.5. The van der Waals surface area contributed by atoms with E-state index in [9.17, 15) is 35.9 Å². The van der Waals surface area contributed by atoms with Gasteiger partial charge in [-0.25, -0.2) is 4.79 Å². The van der Waals surface area contributed by atoms with Crippen molar-refractivity contribution in [2.24, 2.45) is 0 Å². The fraction of sp³-hybridized carbons (Fsp3) is 0.391. The van der Waals surface area contributed by atoms with Crippen molar-refractivity contribution >= 4 is 35.2 Å². The molecule has 0 saturated heterocycles. The molecule has 0 aromatic heterocycles. The molecule has 1 amide bonds. The summed E-state index contributed by atoms with van der Waals surface area (Å²) in [5.74, 6) is -2.29. The van der Waals surface area contributed by atoms with Crippen LogP contribution in [0, 0.1) is 0 Å². The van der Waals surface area contributed by atoms with E-state index in [-0.39, 0.29) is 18.7 Å². The number of hydrogen-bond acceptors (Lipinski definition) is 5. The van der Waals surface area contributed by atoms with E-state index < -0.39 is 35.9 Å². The third-order valence-corrected chi connectivity index (χ3v) is 6.96. The van der Waals surface area contributed by atoms with E-state index in [4.69, 9.17) is 16.3 Å². The average Bonchev–Trinajstić information content (AvgIpc) is 3.01. The third-order valence-electron chi connectivity index (χ3n) is 5.29. The highest BCUT2D eigenvalue weighted by Crippen LogP contribution is 2.38. The van der Waals surface area contributed by atoms with Crippen LogP contribution >= 0.6 is 23.4 Å². The Labute approximate surface area is 211 Å². The normalized spacial score (nSPS) is 16.1. The van der Waals surface area contributed by atoms with Gasteiger partial charge in [0.2, 0.25) is 0 Å². The number of nitrogens with one attached hydrogen (secondary N) is 2. The Hall–Kier alpha value is -2.44. The highest BCUT2D eigenvalue weighted by atomic mass is 35.5. The molecule has 196 valence electrons. The molecule has 0 fully saturated rings. The van der Waals surface area contributed by atoms with Crippen molar-refractivity contribution in [2.45, 2.75) is 36.2 Å². The van der Waals surface area contributed by atoms with Gasteiger partial charge < -0.3 is 15.4 Å². The molecule has 36 heavy (non-hydrogen) atoms. The summed E-state index contributed by atoms with van der Waals surface area (Å²) >= 11 is 7.70. The van der Waals surface area contributed by atoms with Gasteiger partial charge in [0.05, 0.1) is 10.6 Å². The van der Waals surface area contributed by atoms with E-state index in [0.717, 1.165) is 24.3 Å². The summed E-state index contributed by atoms with van der Waals surface area (Å²) in [6, 6.07) is 6.95. The zero-order valence-electron chi connectivity index (χ0n) is 18.6. The van der Waals surface area contributed by atoms with Gasteiger partial charge in [-0.15, -0.1) is 11.8 Å². The van der Waals surface area contributed by atoms with Crippen molar-refractivity contribution in [3.63, 3.8) is 0 Å². The highest BCUT2D eigenvalue weighted by molar-refractivity contribution is 7.99. The molecule has 3 rings (SSSR count). The van der Waals surface area contributed by atoms with Gasteiger partial charge >= 0.3 is 18.3 Å². The molecule has 0 aliphatic carbocycles. The summed E-state index contributed by atoms with van der Waals surface area (Å²) in [7, 11) is 0. The second-order valence-electron chi connectivity index (χ2n) is 7.82. The topological polar surface area (TPSA) is 67.4 Å². The molecular weight excluding hydrogens is 534 g/mol. The van der Waals surface area contributed by atoms with Crippen LogP contribution in [-0.4, -0.2) is 43.4 Å². The Morgan fingerprint density at radius 3 is 2.42 bits per heavy atom. The van der Waals surface area contributed by atoms with Crippen molar-refractivity contribution in [3.8, 4) is 0 Å². The molecule has 2 N–H and O–H groups in total. The number of esters is 1. The number of alkyl halides is 6. The number of ether oxygens (including phenoxy) is 1. The fourth-order valence-electron chi connectivity index (χ4n) is 3.55. The Morgan fingerprint density at radius 2 is 1.78 bits per heavy atom. The molecule has 0 bridgehead atoms. The Morgan fingerprint density at radius 1 is 1.08 bits per heavy atom. The first-order valence-electron chi connectivity index (χ1n) is 10.8. The number of amides is 1. The predicted molar refractivity (Wildman–Crippen MR) is 122 cm³/mol. The first-order valence-corrected chi connectivity index (χ1v) is 12.1. The highest BCUT2D eigenvalue weighted by Gasteiger charge is 2.43. The second-order valence-corrected chi connectivity index (χ2v) is 9.34. The van der Waals surface area contributed by atoms with E-state index in [1.807, 2.05) is 0 Å². The molecule has 0 spiro atoms. The maximum atomic E-state index is 12.7. The molecule has 0 saturated carbocycles. The maximum Gasteiger partial charge on any atom is 0.490 e. The summed E-state index contributed by atoms with van der Waals surface area (Å²) in [4.78, 5) is 24.2. The summed E-state index contributed by atoms with van der Waals surface area (Å²) in [5, 5.41) is 5.99. The molecule has 13 heteroatoms. The van der Waals surface area contributed by atoms with E-state index >= 15 is 0 Å². The molecular formula is C23H21ClF6N2O3S. The van der Waals surface area contributed by atoms with E-state index in [1.165, 1.54) is 17.8 Å². The van der Waals surface area contributed by atoms with E-state index in [1.54, 1.807) is 6.07 Å². The molecule has 0 radical (unpaired) electrons. The lowest BCUT2D eigenvalue weighted by Gasteiger charge is -2.21. The van der Waals surface area contributed by atoms with Crippen LogP contribution in [0.3, 0.4) is 0 Å². The molecule has 1 unspecified atom stereocenters. The van der Waals surface area contributed by atoms with Gasteiger partial charge in [-0.3, -0.25) is 4.79 Å². The summed E-state index contributed by atoms with van der Waals surface area (Å²) in [6.45, 7) is 0.716. The van der Waals surface area contributed by atoms with Crippen molar-refractivity contribution in [3.05, 3.63) is 63.7 Å². The average molecular weight is 555 g/mol. The van der Waals surface area contributed by atoms with E-state index in [0.29, 0.717) is 46.2 Å². The van der Waals surface area contributed by atoms with Crippen LogP contribution in [0.4, 0.5) is 26.3 Å². The maximum absolute atomic E-state index is 12.7. The molecule has 1 atom stereocenters. The minimum absolute atomic E-state index is 0.0243. The van der Waals surface area contributed by atoms with Crippen molar-refractivity contribution in [1.29, 1.82) is 0 Å². The summed E-state index contributed by atoms with van der Waals surface area (Å²) in [5.41, 5.74) is 0.380. The zero-order valence-corrected chi connectivity index (χ0v) is 20.1. The van der Waals surface area contributed by atoms with Gasteiger partial charge in [-0.1, -0.05) is 17.7 Å². The first kappa shape index (κ1) is 28.1. The third kappa shape index (κ3) is 7.30. The smallest absolute Gasteiger partial charge is 0.449 e. The predicted octanol–water partition coefficient (Wildman–Crippen LogP) is 5.56. The van der Waals surface area contributed by atoms with Gasteiger partial charge in [0, 0.05) is 23.5 Å². The monoisotopic (exact) mass is 554 g/mol. The van der Waals surface area contributed by atoms with Crippen molar-refractivity contribution < 1.29 is 40.7 Å². The molecule has 1 aliphatic heterocycles. The van der Waals surface area contributed by atoms with Crippen LogP contribution in [-0.2, 0) is 22.1 Å². The Balaban J connectivity index is 1.59. The summed E-state index contributed by atoms with van der Waals surface area (Å²) in [6.07, 6.45) is -9.78. The summed E-state index contributed by atoms with van der Waals surface area (Å²) < 4.78 is 80.7. The van der Waals surface area contributed by atoms with Crippen LogP contribution < -0.4 is 10.6 Å². The minimum atomic E-state index is -5.11. The largest absolute Gasteiger partial charge is 0.490 e. The van der Waals surface area contributed by atoms with Gasteiger partial charge in [-0.05, 0) is 66.6 Å². The van der Waals surface area contributed by atoms with Crippen molar-refractivity contribution in [2.75, 3.05) is 25.4 Å². The van der Waals surface area contributed by atoms with Gasteiger partial charge in [0.25, 0.3) is 5.91 Å². The molecule has 2 aromatic carbocycles. The fourth-order valence-corrected chi connectivity index (χ4v) is 4.98. The van der Waals surface area contributed by atoms with Crippen molar-refractivity contribution in [1.82, 2.24) is 10.6 Å². The number of carbonyl (C=O) groups is 2. The van der Waals surface area contributed by atoms with E-state index in [2.05, 4.69) is 10.6 Å². The SMILES string of the molecule is O=C(NCCCSc1c(Cl)ccc2c1CCNCC2OC(=O)C(F)(F)F)c1ccc(C(F)(F)F)cc1. The Bertz CT molecular complexity index is 1090. The van der Waals surface area contributed by atoms with Crippen LogP contribution in [0.5, 0.6) is 0 Å². The van der Waals surface area contributed by atoms with Crippen LogP contribution in [0.25, 0.3) is 0 Å². The number of thioether (sulfide) groups is 1. The molecule has 5 nitrogen and oxygen atoms in total. The van der Waals surface area contributed by atoms with Crippen LogP contribution in [0.15, 0.2) is 41.3 Å². The molecule has 1 aliphatic rings. The van der Waals surface area contributed by atoms with Gasteiger partial charge in [-0.2, -0.15) is 26.3 Å². The number of hydrogen-bond donors (Lipinski definition) is 2.